The molecule has 0 atom stereocenters. The summed E-state index contributed by atoms with van der Waals surface area (Å²) in [5.74, 6) is 7.11. The van der Waals surface area contributed by atoms with Crippen LogP contribution in [0.1, 0.15) is 11.1 Å². The molecular formula is C11H14BrGeN. The van der Waals surface area contributed by atoms with E-state index in [0.29, 0.717) is 0 Å². The van der Waals surface area contributed by atoms with E-state index in [4.69, 9.17) is 5.26 Å². The van der Waals surface area contributed by atoms with E-state index >= 15 is 0 Å². The van der Waals surface area contributed by atoms with E-state index in [-0.39, 0.29) is 0 Å². The molecule has 1 aromatic rings. The van der Waals surface area contributed by atoms with Crippen molar-refractivity contribution in [1.29, 1.82) is 5.26 Å². The molecule has 1 nitrogen and oxygen atoms in total. The zero-order valence-corrected chi connectivity index (χ0v) is 12.4. The predicted octanol–water partition coefficient (Wildman–Crippen LogP) is 3.00. The fraction of sp³-hybridized carbons (Fsp3) is 0.364. The molecule has 74 valence electrons. The molecule has 0 amide bonds. The summed E-state index contributed by atoms with van der Waals surface area (Å²) in [6.07, 6.45) is 0. The van der Waals surface area contributed by atoms with Crippen LogP contribution in [-0.2, 0) is 5.33 Å². The third-order valence-electron chi connectivity index (χ3n) is 2.19. The van der Waals surface area contributed by atoms with Gasteiger partial charge in [-0.15, -0.1) is 0 Å². The van der Waals surface area contributed by atoms with Crippen molar-refractivity contribution >= 4 is 33.6 Å². The molecule has 0 aliphatic carbocycles. The summed E-state index contributed by atoms with van der Waals surface area (Å²) in [5.41, 5.74) is 2.05. The Bertz CT molecular complexity index is 374. The molecule has 0 heterocycles. The average molecular weight is 313 g/mol. The first-order valence-electron chi connectivity index (χ1n) is 4.58. The van der Waals surface area contributed by atoms with Crippen LogP contribution in [0.3, 0.4) is 0 Å². The molecule has 0 aliphatic rings. The van der Waals surface area contributed by atoms with Gasteiger partial charge in [-0.05, 0) is 0 Å². The standard InChI is InChI=1S/C11H14BrGeN/c1-13(2,3)11-5-4-9(8-14)6-10(11)7-12/h4-6H,7H2,1-3H3. The molecule has 1 aromatic carbocycles. The molecular weight excluding hydrogens is 299 g/mol. The molecule has 0 spiro atoms. The van der Waals surface area contributed by atoms with E-state index in [0.717, 1.165) is 10.9 Å². The summed E-state index contributed by atoms with van der Waals surface area (Å²) >= 11 is 1.72. The van der Waals surface area contributed by atoms with Gasteiger partial charge in [-0.1, -0.05) is 0 Å². The van der Waals surface area contributed by atoms with E-state index in [2.05, 4.69) is 45.3 Å². The van der Waals surface area contributed by atoms with Crippen LogP contribution in [0.15, 0.2) is 18.2 Å². The van der Waals surface area contributed by atoms with Gasteiger partial charge < -0.3 is 0 Å². The number of benzene rings is 1. The Hall–Kier alpha value is -0.267. The van der Waals surface area contributed by atoms with Crippen LogP contribution in [0.2, 0.25) is 17.3 Å². The molecule has 3 heteroatoms. The fourth-order valence-electron chi connectivity index (χ4n) is 1.51. The van der Waals surface area contributed by atoms with Crippen molar-refractivity contribution in [3.05, 3.63) is 29.3 Å². The molecule has 0 unspecified atom stereocenters. The van der Waals surface area contributed by atoms with E-state index in [1.165, 1.54) is 9.96 Å². The minimum absolute atomic E-state index is 0.759. The third kappa shape index (κ3) is 2.62. The zero-order chi connectivity index (χ0) is 10.8. The molecule has 0 saturated heterocycles. The van der Waals surface area contributed by atoms with Crippen LogP contribution in [-0.4, -0.2) is 13.3 Å². The number of halogens is 1. The quantitative estimate of drug-likeness (QED) is 0.608. The first kappa shape index (κ1) is 11.8. The molecule has 0 N–H and O–H groups in total. The van der Waals surface area contributed by atoms with Crippen LogP contribution in [0, 0.1) is 11.3 Å². The first-order chi connectivity index (χ1) is 6.49. The summed E-state index contributed by atoms with van der Waals surface area (Å²) in [7, 11) is 0. The van der Waals surface area contributed by atoms with Gasteiger partial charge in [0.05, 0.1) is 0 Å². The van der Waals surface area contributed by atoms with Crippen molar-refractivity contribution in [2.45, 2.75) is 22.6 Å². The van der Waals surface area contributed by atoms with Gasteiger partial charge in [0.15, 0.2) is 0 Å². The van der Waals surface area contributed by atoms with Crippen LogP contribution in [0.4, 0.5) is 0 Å². The SMILES string of the molecule is [CH3][Ge]([CH3])([CH3])[c]1ccc(C#N)cc1CBr. The zero-order valence-electron chi connectivity index (χ0n) is 8.76. The topological polar surface area (TPSA) is 23.8 Å². The number of nitriles is 1. The molecule has 0 radical (unpaired) electrons. The molecule has 14 heavy (non-hydrogen) atoms. The van der Waals surface area contributed by atoms with Gasteiger partial charge in [0.25, 0.3) is 0 Å². The van der Waals surface area contributed by atoms with Gasteiger partial charge in [0.2, 0.25) is 0 Å². The summed E-state index contributed by atoms with van der Waals surface area (Å²) < 4.78 is 1.49. The van der Waals surface area contributed by atoms with E-state index in [9.17, 15) is 0 Å². The van der Waals surface area contributed by atoms with E-state index in [1.54, 1.807) is 0 Å². The summed E-state index contributed by atoms with van der Waals surface area (Å²) in [4.78, 5) is 0. The third-order valence-corrected chi connectivity index (χ3v) is 7.20. The second kappa shape index (κ2) is 4.50. The van der Waals surface area contributed by atoms with Crippen LogP contribution >= 0.6 is 15.9 Å². The number of alkyl halides is 1. The van der Waals surface area contributed by atoms with Crippen molar-refractivity contribution in [2.24, 2.45) is 0 Å². The Kier molecular flexibility index (Phi) is 3.80. The molecule has 0 aliphatic heterocycles. The Balaban J connectivity index is 3.27. The van der Waals surface area contributed by atoms with Crippen LogP contribution in [0.25, 0.3) is 0 Å². The molecule has 0 fully saturated rings. The van der Waals surface area contributed by atoms with Crippen molar-refractivity contribution in [3.8, 4) is 6.07 Å². The Labute approximate surface area is 96.6 Å². The second-order valence-electron chi connectivity index (χ2n) is 4.37. The minimum atomic E-state index is -1.77. The normalized spacial score (nSPS) is 11.1. The average Bonchev–Trinajstić information content (AvgIpc) is 2.15. The Morgan fingerprint density at radius 3 is 2.43 bits per heavy atom. The van der Waals surface area contributed by atoms with Crippen molar-refractivity contribution in [3.63, 3.8) is 0 Å². The van der Waals surface area contributed by atoms with Gasteiger partial charge in [0.1, 0.15) is 0 Å². The van der Waals surface area contributed by atoms with E-state index < -0.39 is 13.3 Å². The maximum absolute atomic E-state index is 8.80. The van der Waals surface area contributed by atoms with Crippen molar-refractivity contribution in [1.82, 2.24) is 0 Å². The number of hydrogen-bond acceptors (Lipinski definition) is 1. The Morgan fingerprint density at radius 1 is 1.36 bits per heavy atom. The van der Waals surface area contributed by atoms with Crippen LogP contribution < -0.4 is 4.40 Å². The monoisotopic (exact) mass is 313 g/mol. The van der Waals surface area contributed by atoms with Gasteiger partial charge in [-0.25, -0.2) is 0 Å². The molecule has 0 aromatic heterocycles. The van der Waals surface area contributed by atoms with Gasteiger partial charge in [-0.2, -0.15) is 0 Å². The summed E-state index contributed by atoms with van der Waals surface area (Å²) in [5, 5.41) is 9.65. The molecule has 0 bridgehead atoms. The number of rotatable bonds is 2. The molecule has 0 saturated carbocycles. The summed E-state index contributed by atoms with van der Waals surface area (Å²) in [6, 6.07) is 8.24. The number of nitrogens with zero attached hydrogens (tertiary/aromatic N) is 1. The second-order valence-corrected chi connectivity index (χ2v) is 15.5. The van der Waals surface area contributed by atoms with Gasteiger partial charge in [-0.3, -0.25) is 0 Å². The van der Waals surface area contributed by atoms with Gasteiger partial charge in [0, 0.05) is 0 Å². The van der Waals surface area contributed by atoms with Crippen molar-refractivity contribution in [2.75, 3.05) is 0 Å². The maximum atomic E-state index is 8.80. The molecule has 1 rings (SSSR count). The van der Waals surface area contributed by atoms with E-state index in [1.807, 2.05) is 12.1 Å². The first-order valence-corrected chi connectivity index (χ1v) is 13.0. The predicted molar refractivity (Wildman–Crippen MR) is 66.8 cm³/mol. The van der Waals surface area contributed by atoms with Gasteiger partial charge >= 0.3 is 96.8 Å². The number of hydrogen-bond donors (Lipinski definition) is 0. The summed E-state index contributed by atoms with van der Waals surface area (Å²) in [6.45, 7) is 0. The Morgan fingerprint density at radius 2 is 2.00 bits per heavy atom. The van der Waals surface area contributed by atoms with Crippen LogP contribution in [0.5, 0.6) is 0 Å². The fourth-order valence-corrected chi connectivity index (χ4v) is 6.09. The van der Waals surface area contributed by atoms with Crippen molar-refractivity contribution < 1.29 is 0 Å².